The third-order valence-electron chi connectivity index (χ3n) is 4.30. The maximum atomic E-state index is 11.5. The summed E-state index contributed by atoms with van der Waals surface area (Å²) in [6.45, 7) is 5.47. The number of nitriles is 1. The van der Waals surface area contributed by atoms with Crippen LogP contribution in [0.1, 0.15) is 32.0 Å². The van der Waals surface area contributed by atoms with E-state index in [0.717, 1.165) is 16.9 Å². The number of fused-ring (bicyclic) bond motifs is 1. The largest absolute Gasteiger partial charge is 0.457 e. The molecule has 1 aliphatic carbocycles. The Balaban J connectivity index is 2.16. The number of hydrogen-bond acceptors (Lipinski definition) is 4. The van der Waals surface area contributed by atoms with Gasteiger partial charge in [-0.05, 0) is 18.6 Å². The van der Waals surface area contributed by atoms with Gasteiger partial charge in [0.1, 0.15) is 6.10 Å². The van der Waals surface area contributed by atoms with E-state index in [4.69, 9.17) is 4.74 Å². The van der Waals surface area contributed by atoms with Crippen molar-refractivity contribution in [3.8, 4) is 11.8 Å². The number of rotatable bonds is 2. The van der Waals surface area contributed by atoms with Gasteiger partial charge in [-0.15, -0.1) is 0 Å². The second kappa shape index (κ2) is 5.97. The summed E-state index contributed by atoms with van der Waals surface area (Å²) in [6, 6.07) is 11.9. The highest BCUT2D eigenvalue weighted by Crippen LogP contribution is 2.44. The van der Waals surface area contributed by atoms with E-state index in [9.17, 15) is 10.1 Å². The lowest BCUT2D eigenvalue weighted by molar-refractivity contribution is -0.148. The average molecular weight is 321 g/mol. The first-order chi connectivity index (χ1) is 11.4. The summed E-state index contributed by atoms with van der Waals surface area (Å²) in [7, 11) is 0. The SMILES string of the molecule is CC(=O)OC1/C(=C/C#N)c2cnn(-c3ccccc3)c2CC1(C)C. The molecule has 3 rings (SSSR count). The normalized spacial score (nSPS) is 20.2. The number of para-hydroxylation sites is 1. The molecular weight excluding hydrogens is 302 g/mol. The highest BCUT2D eigenvalue weighted by molar-refractivity contribution is 5.78. The topological polar surface area (TPSA) is 67.9 Å². The lowest BCUT2D eigenvalue weighted by Gasteiger charge is -2.39. The molecule has 2 aromatic rings. The first-order valence-electron chi connectivity index (χ1n) is 7.83. The number of hydrogen-bond donors (Lipinski definition) is 0. The van der Waals surface area contributed by atoms with Gasteiger partial charge in [-0.1, -0.05) is 32.0 Å². The maximum Gasteiger partial charge on any atom is 0.303 e. The van der Waals surface area contributed by atoms with Gasteiger partial charge in [-0.3, -0.25) is 4.79 Å². The van der Waals surface area contributed by atoms with E-state index < -0.39 is 6.10 Å². The van der Waals surface area contributed by atoms with Crippen LogP contribution in [0.2, 0.25) is 0 Å². The molecule has 0 bridgehead atoms. The first-order valence-corrected chi connectivity index (χ1v) is 7.83. The molecule has 0 aliphatic heterocycles. The van der Waals surface area contributed by atoms with Crippen molar-refractivity contribution in [2.45, 2.75) is 33.3 Å². The predicted molar refractivity (Wildman–Crippen MR) is 90.2 cm³/mol. The van der Waals surface area contributed by atoms with Gasteiger partial charge in [0.2, 0.25) is 0 Å². The highest BCUT2D eigenvalue weighted by Gasteiger charge is 2.42. The fourth-order valence-electron chi connectivity index (χ4n) is 3.28. The van der Waals surface area contributed by atoms with E-state index in [2.05, 4.69) is 11.2 Å². The molecule has 1 aromatic heterocycles. The quantitative estimate of drug-likeness (QED) is 0.629. The van der Waals surface area contributed by atoms with Crippen molar-refractivity contribution in [1.82, 2.24) is 9.78 Å². The third kappa shape index (κ3) is 2.71. The summed E-state index contributed by atoms with van der Waals surface area (Å²) in [5.74, 6) is -0.351. The zero-order chi connectivity index (χ0) is 17.3. The van der Waals surface area contributed by atoms with E-state index in [1.165, 1.54) is 13.0 Å². The van der Waals surface area contributed by atoms with Crippen molar-refractivity contribution in [2.75, 3.05) is 0 Å². The molecule has 0 fully saturated rings. The monoisotopic (exact) mass is 321 g/mol. The summed E-state index contributed by atoms with van der Waals surface area (Å²) in [5.41, 5.74) is 3.23. The zero-order valence-corrected chi connectivity index (χ0v) is 14.0. The molecule has 0 amide bonds. The van der Waals surface area contributed by atoms with Crippen LogP contribution in [0.25, 0.3) is 11.3 Å². The van der Waals surface area contributed by atoms with Crippen LogP contribution in [-0.2, 0) is 16.0 Å². The summed E-state index contributed by atoms with van der Waals surface area (Å²) in [4.78, 5) is 11.5. The van der Waals surface area contributed by atoms with Crippen LogP contribution >= 0.6 is 0 Å². The molecule has 1 heterocycles. The first kappa shape index (κ1) is 16.0. The van der Waals surface area contributed by atoms with Crippen LogP contribution in [0.4, 0.5) is 0 Å². The molecule has 0 radical (unpaired) electrons. The zero-order valence-electron chi connectivity index (χ0n) is 14.0. The Morgan fingerprint density at radius 1 is 1.42 bits per heavy atom. The van der Waals surface area contributed by atoms with Gasteiger partial charge >= 0.3 is 5.97 Å². The molecule has 1 atom stereocenters. The fraction of sp³-hybridized carbons (Fsp3) is 0.316. The molecule has 0 saturated carbocycles. The molecule has 0 spiro atoms. The van der Waals surface area contributed by atoms with E-state index in [-0.39, 0.29) is 11.4 Å². The second-order valence-electron chi connectivity index (χ2n) is 6.64. The van der Waals surface area contributed by atoms with Crippen LogP contribution in [0, 0.1) is 16.7 Å². The van der Waals surface area contributed by atoms with Crippen molar-refractivity contribution in [3.05, 3.63) is 53.9 Å². The number of carbonyl (C=O) groups excluding carboxylic acids is 1. The smallest absolute Gasteiger partial charge is 0.303 e. The Labute approximate surface area is 141 Å². The number of esters is 1. The van der Waals surface area contributed by atoms with Crippen molar-refractivity contribution in [3.63, 3.8) is 0 Å². The number of aromatic nitrogens is 2. The Bertz CT molecular complexity index is 841. The van der Waals surface area contributed by atoms with E-state index in [1.807, 2.05) is 48.9 Å². The fourth-order valence-corrected chi connectivity index (χ4v) is 3.28. The Hall–Kier alpha value is -2.87. The standard InChI is InChI=1S/C19H19N3O2/c1-13(23)24-18-15(9-10-20)16-12-21-22(14-7-5-4-6-8-14)17(16)11-19(18,2)3/h4-9,12,18H,11H2,1-3H3/b15-9+. The highest BCUT2D eigenvalue weighted by atomic mass is 16.5. The summed E-state index contributed by atoms with van der Waals surface area (Å²) < 4.78 is 7.44. The van der Waals surface area contributed by atoms with Crippen LogP contribution in [0.15, 0.2) is 42.6 Å². The van der Waals surface area contributed by atoms with Gasteiger partial charge in [-0.25, -0.2) is 4.68 Å². The number of carbonyl (C=O) groups is 1. The summed E-state index contributed by atoms with van der Waals surface area (Å²) in [6.07, 6.45) is 3.44. The van der Waals surface area contributed by atoms with E-state index in [1.54, 1.807) is 6.20 Å². The summed E-state index contributed by atoms with van der Waals surface area (Å²) >= 11 is 0. The van der Waals surface area contributed by atoms with Gasteiger partial charge in [0.15, 0.2) is 0 Å². The van der Waals surface area contributed by atoms with Crippen LogP contribution in [-0.4, -0.2) is 21.9 Å². The van der Waals surface area contributed by atoms with Crippen molar-refractivity contribution >= 4 is 11.5 Å². The van der Waals surface area contributed by atoms with Gasteiger partial charge in [0.05, 0.1) is 23.6 Å². The third-order valence-corrected chi connectivity index (χ3v) is 4.30. The van der Waals surface area contributed by atoms with Crippen molar-refractivity contribution < 1.29 is 9.53 Å². The van der Waals surface area contributed by atoms with Gasteiger partial charge in [-0.2, -0.15) is 10.4 Å². The van der Waals surface area contributed by atoms with Gasteiger partial charge in [0, 0.05) is 29.6 Å². The Kier molecular flexibility index (Phi) is 3.98. The number of benzene rings is 1. The average Bonchev–Trinajstić information content (AvgIpc) is 2.94. The van der Waals surface area contributed by atoms with Gasteiger partial charge in [0.25, 0.3) is 0 Å². The maximum absolute atomic E-state index is 11.5. The predicted octanol–water partition coefficient (Wildman–Crippen LogP) is 3.29. The molecule has 24 heavy (non-hydrogen) atoms. The minimum atomic E-state index is -0.462. The van der Waals surface area contributed by atoms with Crippen LogP contribution in [0.5, 0.6) is 0 Å². The minimum Gasteiger partial charge on any atom is -0.457 e. The molecular formula is C19H19N3O2. The number of ether oxygens (including phenoxy) is 1. The minimum absolute atomic E-state index is 0.339. The van der Waals surface area contributed by atoms with Gasteiger partial charge < -0.3 is 4.74 Å². The molecule has 0 N–H and O–H groups in total. The van der Waals surface area contributed by atoms with Crippen molar-refractivity contribution in [2.24, 2.45) is 5.41 Å². The number of nitrogens with zero attached hydrogens (tertiary/aromatic N) is 3. The molecule has 1 unspecified atom stereocenters. The molecule has 122 valence electrons. The van der Waals surface area contributed by atoms with Crippen LogP contribution < -0.4 is 0 Å². The number of allylic oxidation sites excluding steroid dienone is 1. The van der Waals surface area contributed by atoms with Crippen LogP contribution in [0.3, 0.4) is 0 Å². The second-order valence-corrected chi connectivity index (χ2v) is 6.64. The van der Waals surface area contributed by atoms with Crippen molar-refractivity contribution in [1.29, 1.82) is 5.26 Å². The lowest BCUT2D eigenvalue weighted by atomic mass is 9.71. The Morgan fingerprint density at radius 2 is 2.12 bits per heavy atom. The molecule has 1 aliphatic rings. The summed E-state index contributed by atoms with van der Waals surface area (Å²) in [5, 5.41) is 13.7. The molecule has 0 saturated heterocycles. The molecule has 5 nitrogen and oxygen atoms in total. The Morgan fingerprint density at radius 3 is 2.75 bits per heavy atom. The lowest BCUT2D eigenvalue weighted by Crippen LogP contribution is -2.40. The van der Waals surface area contributed by atoms with E-state index >= 15 is 0 Å². The van der Waals surface area contributed by atoms with E-state index in [0.29, 0.717) is 12.0 Å². The molecule has 1 aromatic carbocycles. The molecule has 5 heteroatoms.